The van der Waals surface area contributed by atoms with Crippen LogP contribution in [-0.4, -0.2) is 66.8 Å². The van der Waals surface area contributed by atoms with Crippen molar-refractivity contribution in [2.75, 3.05) is 16.0 Å². The number of carbonyl (C=O) groups excluding carboxylic acids is 2. The first-order valence-electron chi connectivity index (χ1n) is 12.8. The van der Waals surface area contributed by atoms with Crippen LogP contribution in [0.1, 0.15) is 55.9 Å². The molecule has 13 heteroatoms. The molecule has 2 fully saturated rings. The second-order valence-electron chi connectivity index (χ2n) is 10.0. The number of fused-ring (bicyclic) bond motifs is 1. The number of aliphatic hydroxyl groups excluding tert-OH is 1. The summed E-state index contributed by atoms with van der Waals surface area (Å²) in [5.74, 6) is -0.958. The molecule has 7 N–H and O–H groups in total. The van der Waals surface area contributed by atoms with E-state index in [4.69, 9.17) is 5.73 Å². The van der Waals surface area contributed by atoms with E-state index in [1.54, 1.807) is 0 Å². The van der Waals surface area contributed by atoms with E-state index >= 15 is 0 Å². The summed E-state index contributed by atoms with van der Waals surface area (Å²) in [4.78, 5) is 33.3. The number of imidazole rings is 1. The van der Waals surface area contributed by atoms with Crippen LogP contribution in [0.3, 0.4) is 0 Å². The standard InChI is InChI=1S/C25H32FN9O3/c1-13(36)22(27)25(38)32-16-6-4-15(5-7-16)31-21-10-19(30-14-2-3-14)23-29-12-20(35(23)34-21)24(37)33-18-8-9-28-11-17(18)26/h8-16,22,30,36H,2-7,27H2,1H3,(H,31,34)(H,32,38)(H,28,33,37)/t13-,15?,16?,22+/m0/s1. The van der Waals surface area contributed by atoms with E-state index in [0.29, 0.717) is 17.5 Å². The zero-order chi connectivity index (χ0) is 26.8. The second kappa shape index (κ2) is 10.9. The van der Waals surface area contributed by atoms with Crippen molar-refractivity contribution in [2.45, 2.75) is 75.7 Å². The van der Waals surface area contributed by atoms with Crippen LogP contribution in [0, 0.1) is 5.82 Å². The van der Waals surface area contributed by atoms with Gasteiger partial charge in [0.25, 0.3) is 5.91 Å². The maximum absolute atomic E-state index is 14.0. The topological polar surface area (TPSA) is 172 Å². The number of nitrogens with one attached hydrogen (secondary N) is 4. The Hall–Kier alpha value is -3.84. The van der Waals surface area contributed by atoms with E-state index in [2.05, 4.69) is 36.3 Å². The summed E-state index contributed by atoms with van der Waals surface area (Å²) >= 11 is 0. The minimum Gasteiger partial charge on any atom is -0.391 e. The minimum absolute atomic E-state index is 0.00888. The molecule has 0 aliphatic heterocycles. The second-order valence-corrected chi connectivity index (χ2v) is 10.0. The summed E-state index contributed by atoms with van der Waals surface area (Å²) in [6.07, 6.45) is 8.13. The molecule has 2 aliphatic rings. The Bertz CT molecular complexity index is 1320. The third-order valence-corrected chi connectivity index (χ3v) is 6.91. The fourth-order valence-corrected chi connectivity index (χ4v) is 4.52. The van der Waals surface area contributed by atoms with Gasteiger partial charge >= 0.3 is 0 Å². The van der Waals surface area contributed by atoms with Gasteiger partial charge in [0.05, 0.1) is 29.9 Å². The highest BCUT2D eigenvalue weighted by atomic mass is 19.1. The van der Waals surface area contributed by atoms with Crippen molar-refractivity contribution in [1.29, 1.82) is 0 Å². The molecule has 2 amide bonds. The van der Waals surface area contributed by atoms with Crippen molar-refractivity contribution in [1.82, 2.24) is 24.9 Å². The molecule has 2 aliphatic carbocycles. The van der Waals surface area contributed by atoms with Crippen molar-refractivity contribution in [3.63, 3.8) is 0 Å². The first kappa shape index (κ1) is 25.8. The van der Waals surface area contributed by atoms with Crippen LogP contribution in [0.15, 0.2) is 30.7 Å². The highest BCUT2D eigenvalue weighted by Crippen LogP contribution is 2.30. The highest BCUT2D eigenvalue weighted by molar-refractivity contribution is 6.03. The number of nitrogens with zero attached hydrogens (tertiary/aromatic N) is 4. The van der Waals surface area contributed by atoms with Gasteiger partial charge < -0.3 is 32.1 Å². The number of pyridine rings is 1. The molecule has 0 spiro atoms. The summed E-state index contributed by atoms with van der Waals surface area (Å²) in [5.41, 5.74) is 7.18. The predicted molar refractivity (Wildman–Crippen MR) is 139 cm³/mol. The zero-order valence-corrected chi connectivity index (χ0v) is 21.0. The maximum Gasteiger partial charge on any atom is 0.276 e. The number of halogens is 1. The van der Waals surface area contributed by atoms with E-state index in [-0.39, 0.29) is 29.4 Å². The average Bonchev–Trinajstić information content (AvgIpc) is 3.61. The molecule has 0 aromatic carbocycles. The average molecular weight is 526 g/mol. The van der Waals surface area contributed by atoms with Gasteiger partial charge in [-0.2, -0.15) is 0 Å². The third-order valence-electron chi connectivity index (χ3n) is 6.91. The molecule has 3 aromatic heterocycles. The quantitative estimate of drug-likeness (QED) is 0.243. The molecule has 202 valence electrons. The van der Waals surface area contributed by atoms with Gasteiger partial charge in [-0.15, -0.1) is 5.10 Å². The predicted octanol–water partition coefficient (Wildman–Crippen LogP) is 1.64. The Kier molecular flexibility index (Phi) is 7.38. The number of nitrogens with two attached hydrogens (primary N) is 1. The van der Waals surface area contributed by atoms with Crippen molar-refractivity contribution < 1.29 is 19.1 Å². The SMILES string of the molecule is C[C@H](O)[C@@H](N)C(=O)NC1CCC(Nc2cc(NC3CC3)c3ncc(C(=O)Nc4ccncc4F)n3n2)CC1. The normalized spacial score (nSPS) is 20.9. The molecule has 38 heavy (non-hydrogen) atoms. The van der Waals surface area contributed by atoms with Gasteiger partial charge in [0.1, 0.15) is 11.9 Å². The number of amides is 2. The lowest BCUT2D eigenvalue weighted by atomic mass is 9.91. The number of hydrogen-bond donors (Lipinski definition) is 6. The van der Waals surface area contributed by atoms with Gasteiger partial charge in [0.2, 0.25) is 5.91 Å². The van der Waals surface area contributed by atoms with Gasteiger partial charge in [0.15, 0.2) is 17.2 Å². The van der Waals surface area contributed by atoms with E-state index in [1.807, 2.05) is 6.07 Å². The van der Waals surface area contributed by atoms with Crippen molar-refractivity contribution in [2.24, 2.45) is 5.73 Å². The summed E-state index contributed by atoms with van der Waals surface area (Å²) in [5, 5.41) is 26.6. The lowest BCUT2D eigenvalue weighted by Gasteiger charge is -2.31. The van der Waals surface area contributed by atoms with Crippen LogP contribution in [0.5, 0.6) is 0 Å². The lowest BCUT2D eigenvalue weighted by Crippen LogP contribution is -2.51. The molecule has 3 heterocycles. The largest absolute Gasteiger partial charge is 0.391 e. The van der Waals surface area contributed by atoms with Crippen LogP contribution >= 0.6 is 0 Å². The number of anilines is 3. The number of carbonyl (C=O) groups is 2. The summed E-state index contributed by atoms with van der Waals surface area (Å²) in [6.45, 7) is 1.49. The smallest absolute Gasteiger partial charge is 0.276 e. The first-order valence-corrected chi connectivity index (χ1v) is 12.8. The highest BCUT2D eigenvalue weighted by Gasteiger charge is 2.28. The molecule has 2 saturated carbocycles. The van der Waals surface area contributed by atoms with Crippen molar-refractivity contribution in [3.05, 3.63) is 42.2 Å². The van der Waals surface area contributed by atoms with E-state index < -0.39 is 23.9 Å². The molecule has 3 aromatic rings. The molecular weight excluding hydrogens is 493 g/mol. The number of aliphatic hydroxyl groups is 1. The molecule has 0 unspecified atom stereocenters. The Morgan fingerprint density at radius 2 is 1.76 bits per heavy atom. The molecule has 12 nitrogen and oxygen atoms in total. The zero-order valence-electron chi connectivity index (χ0n) is 21.0. The van der Waals surface area contributed by atoms with E-state index in [0.717, 1.165) is 50.4 Å². The van der Waals surface area contributed by atoms with Crippen LogP contribution < -0.4 is 27.0 Å². The van der Waals surface area contributed by atoms with Crippen molar-refractivity contribution >= 4 is 34.7 Å². The fraction of sp³-hybridized carbons (Fsp3) is 0.480. The maximum atomic E-state index is 14.0. The Balaban J connectivity index is 1.30. The molecular formula is C25H32FN9O3. The van der Waals surface area contributed by atoms with Gasteiger partial charge in [-0.05, 0) is 51.5 Å². The Morgan fingerprint density at radius 3 is 2.45 bits per heavy atom. The third kappa shape index (κ3) is 5.83. The van der Waals surface area contributed by atoms with Crippen molar-refractivity contribution in [3.8, 4) is 0 Å². The van der Waals surface area contributed by atoms with Crippen LogP contribution in [-0.2, 0) is 4.79 Å². The van der Waals surface area contributed by atoms with Gasteiger partial charge in [-0.1, -0.05) is 0 Å². The van der Waals surface area contributed by atoms with Gasteiger partial charge in [0, 0.05) is 30.4 Å². The number of rotatable bonds is 9. The molecule has 0 saturated heterocycles. The van der Waals surface area contributed by atoms with Crippen LogP contribution in [0.25, 0.3) is 5.65 Å². The number of aromatic nitrogens is 4. The molecule has 0 radical (unpaired) electrons. The Morgan fingerprint density at radius 1 is 1.08 bits per heavy atom. The van der Waals surface area contributed by atoms with Gasteiger partial charge in [-0.25, -0.2) is 13.9 Å². The monoisotopic (exact) mass is 525 g/mol. The van der Waals surface area contributed by atoms with E-state index in [1.165, 1.54) is 29.9 Å². The van der Waals surface area contributed by atoms with Crippen LogP contribution in [0.2, 0.25) is 0 Å². The minimum atomic E-state index is -0.948. The van der Waals surface area contributed by atoms with Gasteiger partial charge in [-0.3, -0.25) is 14.6 Å². The molecule has 5 rings (SSSR count). The van der Waals surface area contributed by atoms with Crippen LogP contribution in [0.4, 0.5) is 21.6 Å². The lowest BCUT2D eigenvalue weighted by molar-refractivity contribution is -0.125. The fourth-order valence-electron chi connectivity index (χ4n) is 4.52. The van der Waals surface area contributed by atoms with E-state index in [9.17, 15) is 19.1 Å². The number of hydrogen-bond acceptors (Lipinski definition) is 9. The summed E-state index contributed by atoms with van der Waals surface area (Å²) in [6, 6.07) is 2.77. The Labute approximate surface area is 218 Å². The molecule has 2 atom stereocenters. The molecule has 0 bridgehead atoms. The summed E-state index contributed by atoms with van der Waals surface area (Å²) in [7, 11) is 0. The summed E-state index contributed by atoms with van der Waals surface area (Å²) < 4.78 is 15.5. The first-order chi connectivity index (χ1) is 18.3.